The van der Waals surface area contributed by atoms with E-state index in [1.165, 1.54) is 5.56 Å². The summed E-state index contributed by atoms with van der Waals surface area (Å²) < 4.78 is 5.50. The van der Waals surface area contributed by atoms with Gasteiger partial charge < -0.3 is 15.0 Å². The molecule has 0 saturated carbocycles. The molecule has 2 rings (SSSR count). The Labute approximate surface area is 102 Å². The molecule has 1 N–H and O–H groups in total. The summed E-state index contributed by atoms with van der Waals surface area (Å²) in [6, 6.07) is 10.2. The van der Waals surface area contributed by atoms with Gasteiger partial charge in [-0.3, -0.25) is 4.99 Å². The van der Waals surface area contributed by atoms with Crippen LogP contribution in [0.5, 0.6) is 0 Å². The van der Waals surface area contributed by atoms with Crippen molar-refractivity contribution in [2.24, 2.45) is 4.99 Å². The summed E-state index contributed by atoms with van der Waals surface area (Å²) in [7, 11) is 3.78. The molecule has 0 spiro atoms. The van der Waals surface area contributed by atoms with Crippen LogP contribution in [0.25, 0.3) is 0 Å². The molecular formula is C13H19N3O. The number of nitrogens with one attached hydrogen (secondary N) is 1. The third-order valence-corrected chi connectivity index (χ3v) is 2.96. The minimum atomic E-state index is 0.0629. The van der Waals surface area contributed by atoms with Gasteiger partial charge in [0.25, 0.3) is 0 Å². The Balaban J connectivity index is 1.92. The van der Waals surface area contributed by atoms with Crippen LogP contribution in [0, 0.1) is 0 Å². The highest BCUT2D eigenvalue weighted by molar-refractivity contribution is 5.81. The van der Waals surface area contributed by atoms with Gasteiger partial charge in [0.2, 0.25) is 0 Å². The lowest BCUT2D eigenvalue weighted by Gasteiger charge is -2.20. The summed E-state index contributed by atoms with van der Waals surface area (Å²) in [5.41, 5.74) is 1.18. The molecular weight excluding hydrogens is 214 g/mol. The van der Waals surface area contributed by atoms with E-state index in [1.807, 2.05) is 25.2 Å². The van der Waals surface area contributed by atoms with Gasteiger partial charge in [-0.1, -0.05) is 30.3 Å². The van der Waals surface area contributed by atoms with Crippen LogP contribution in [0.3, 0.4) is 0 Å². The van der Waals surface area contributed by atoms with E-state index >= 15 is 0 Å². The van der Waals surface area contributed by atoms with E-state index in [2.05, 4.69) is 27.3 Å². The summed E-state index contributed by atoms with van der Waals surface area (Å²) in [5, 5.41) is 3.33. The lowest BCUT2D eigenvalue weighted by atomic mass is 10.1. The topological polar surface area (TPSA) is 36.9 Å². The monoisotopic (exact) mass is 233 g/mol. The molecule has 0 saturated heterocycles. The molecule has 17 heavy (non-hydrogen) atoms. The second kappa shape index (κ2) is 5.68. The Morgan fingerprint density at radius 3 is 2.76 bits per heavy atom. The number of hydrogen-bond donors (Lipinski definition) is 1. The number of likely N-dealkylation sites (N-methyl/N-ethyl adjacent to an activating group) is 1. The third kappa shape index (κ3) is 2.97. The molecule has 1 aliphatic heterocycles. The highest BCUT2D eigenvalue weighted by Gasteiger charge is 2.15. The van der Waals surface area contributed by atoms with Crippen molar-refractivity contribution >= 4 is 5.96 Å². The van der Waals surface area contributed by atoms with Crippen molar-refractivity contribution in [3.63, 3.8) is 0 Å². The number of methoxy groups -OCH3 is 1. The fourth-order valence-corrected chi connectivity index (χ4v) is 1.91. The Kier molecular flexibility index (Phi) is 3.98. The molecule has 1 aromatic carbocycles. The Hall–Kier alpha value is -1.55. The van der Waals surface area contributed by atoms with Crippen LogP contribution in [-0.4, -0.2) is 44.7 Å². The first kappa shape index (κ1) is 11.9. The predicted molar refractivity (Wildman–Crippen MR) is 69.1 cm³/mol. The van der Waals surface area contributed by atoms with E-state index in [9.17, 15) is 0 Å². The van der Waals surface area contributed by atoms with Gasteiger partial charge in [0, 0.05) is 27.2 Å². The number of ether oxygens (including phenoxy) is 1. The molecule has 0 aromatic heterocycles. The van der Waals surface area contributed by atoms with Gasteiger partial charge in [0.05, 0.1) is 12.6 Å². The number of benzene rings is 1. The normalized spacial score (nSPS) is 16.8. The number of aliphatic imine (C=N–C) groups is 1. The number of hydrogen-bond acceptors (Lipinski definition) is 4. The molecule has 0 amide bonds. The number of nitrogens with zero attached hydrogens (tertiary/aromatic N) is 2. The average molecular weight is 233 g/mol. The molecule has 1 aromatic rings. The van der Waals surface area contributed by atoms with Crippen molar-refractivity contribution in [1.29, 1.82) is 0 Å². The second-order valence-electron chi connectivity index (χ2n) is 4.14. The lowest BCUT2D eigenvalue weighted by Crippen LogP contribution is -2.38. The Morgan fingerprint density at radius 1 is 1.41 bits per heavy atom. The summed E-state index contributed by atoms with van der Waals surface area (Å²) >= 11 is 0. The summed E-state index contributed by atoms with van der Waals surface area (Å²) in [6.07, 6.45) is 0.0629. The van der Waals surface area contributed by atoms with Gasteiger partial charge in [0.15, 0.2) is 5.96 Å². The second-order valence-corrected chi connectivity index (χ2v) is 4.14. The molecule has 92 valence electrons. The van der Waals surface area contributed by atoms with E-state index in [0.29, 0.717) is 0 Å². The third-order valence-electron chi connectivity index (χ3n) is 2.96. The minimum Gasteiger partial charge on any atom is -0.375 e. The standard InChI is InChI=1S/C13H19N3O/c1-16-9-8-14-13(16)15-10-12(17-2)11-6-4-3-5-7-11/h3-7,12H,8-10H2,1-2H3,(H,14,15). The summed E-state index contributed by atoms with van der Waals surface area (Å²) in [4.78, 5) is 6.52. The molecule has 0 fully saturated rings. The summed E-state index contributed by atoms with van der Waals surface area (Å²) in [5.74, 6) is 0.961. The summed E-state index contributed by atoms with van der Waals surface area (Å²) in [6.45, 7) is 2.61. The lowest BCUT2D eigenvalue weighted by molar-refractivity contribution is 0.106. The van der Waals surface area contributed by atoms with Crippen LogP contribution >= 0.6 is 0 Å². The van der Waals surface area contributed by atoms with Crippen LogP contribution < -0.4 is 5.32 Å². The smallest absolute Gasteiger partial charge is 0.193 e. The largest absolute Gasteiger partial charge is 0.375 e. The van der Waals surface area contributed by atoms with Gasteiger partial charge in [-0.25, -0.2) is 0 Å². The van der Waals surface area contributed by atoms with Crippen LogP contribution in [0.1, 0.15) is 11.7 Å². The molecule has 1 unspecified atom stereocenters. The van der Waals surface area contributed by atoms with E-state index < -0.39 is 0 Å². The zero-order valence-electron chi connectivity index (χ0n) is 10.4. The van der Waals surface area contributed by atoms with Crippen molar-refractivity contribution in [3.8, 4) is 0 Å². The SMILES string of the molecule is COC(CNC1=NCCN1C)c1ccccc1. The quantitative estimate of drug-likeness (QED) is 0.850. The van der Waals surface area contributed by atoms with Crippen molar-refractivity contribution in [1.82, 2.24) is 10.2 Å². The van der Waals surface area contributed by atoms with Crippen molar-refractivity contribution in [2.45, 2.75) is 6.10 Å². The van der Waals surface area contributed by atoms with Crippen LogP contribution in [0.2, 0.25) is 0 Å². The average Bonchev–Trinajstić information content (AvgIpc) is 2.77. The first-order valence-electron chi connectivity index (χ1n) is 5.88. The number of guanidine groups is 1. The molecule has 0 radical (unpaired) electrons. The minimum absolute atomic E-state index is 0.0629. The predicted octanol–water partition coefficient (Wildman–Crippen LogP) is 1.27. The van der Waals surface area contributed by atoms with Crippen molar-refractivity contribution in [3.05, 3.63) is 35.9 Å². The van der Waals surface area contributed by atoms with Crippen LogP contribution in [0.4, 0.5) is 0 Å². The van der Waals surface area contributed by atoms with Crippen molar-refractivity contribution in [2.75, 3.05) is 33.8 Å². The maximum Gasteiger partial charge on any atom is 0.193 e. The number of rotatable bonds is 4. The first-order valence-corrected chi connectivity index (χ1v) is 5.88. The van der Waals surface area contributed by atoms with Gasteiger partial charge >= 0.3 is 0 Å². The molecule has 4 heteroatoms. The van der Waals surface area contributed by atoms with Gasteiger partial charge in [-0.2, -0.15) is 0 Å². The molecule has 0 bridgehead atoms. The fraction of sp³-hybridized carbons (Fsp3) is 0.462. The Bertz CT molecular complexity index is 378. The van der Waals surface area contributed by atoms with E-state index in [4.69, 9.17) is 4.74 Å². The van der Waals surface area contributed by atoms with Crippen molar-refractivity contribution < 1.29 is 4.74 Å². The fourth-order valence-electron chi connectivity index (χ4n) is 1.91. The van der Waals surface area contributed by atoms with E-state index in [0.717, 1.165) is 25.6 Å². The highest BCUT2D eigenvalue weighted by Crippen LogP contribution is 2.15. The van der Waals surface area contributed by atoms with Gasteiger partial charge in [0.1, 0.15) is 0 Å². The molecule has 4 nitrogen and oxygen atoms in total. The molecule has 1 heterocycles. The molecule has 1 aliphatic rings. The van der Waals surface area contributed by atoms with E-state index in [1.54, 1.807) is 7.11 Å². The first-order chi connectivity index (χ1) is 8.31. The maximum absolute atomic E-state index is 5.50. The Morgan fingerprint density at radius 2 is 2.18 bits per heavy atom. The zero-order chi connectivity index (χ0) is 12.1. The highest BCUT2D eigenvalue weighted by atomic mass is 16.5. The van der Waals surface area contributed by atoms with Crippen LogP contribution in [-0.2, 0) is 4.74 Å². The van der Waals surface area contributed by atoms with Crippen LogP contribution in [0.15, 0.2) is 35.3 Å². The molecule has 1 atom stereocenters. The zero-order valence-corrected chi connectivity index (χ0v) is 10.4. The van der Waals surface area contributed by atoms with Gasteiger partial charge in [-0.15, -0.1) is 0 Å². The maximum atomic E-state index is 5.50. The van der Waals surface area contributed by atoms with Gasteiger partial charge in [-0.05, 0) is 5.56 Å². The van der Waals surface area contributed by atoms with E-state index in [-0.39, 0.29) is 6.10 Å². The molecule has 0 aliphatic carbocycles.